The fourth-order valence-corrected chi connectivity index (χ4v) is 4.07. The molecule has 1 saturated heterocycles. The van der Waals surface area contributed by atoms with Crippen molar-refractivity contribution >= 4 is 5.91 Å². The van der Waals surface area contributed by atoms with Crippen molar-refractivity contribution in [3.05, 3.63) is 41.2 Å². The number of hydrogen-bond acceptors (Lipinski definition) is 4. The van der Waals surface area contributed by atoms with Gasteiger partial charge in [0.05, 0.1) is 11.8 Å². The van der Waals surface area contributed by atoms with Gasteiger partial charge in [-0.15, -0.1) is 0 Å². The third kappa shape index (κ3) is 3.04. The lowest BCUT2D eigenvalue weighted by Gasteiger charge is -2.19. The van der Waals surface area contributed by atoms with Gasteiger partial charge in [0.1, 0.15) is 5.60 Å². The van der Waals surface area contributed by atoms with Gasteiger partial charge < -0.3 is 14.7 Å². The summed E-state index contributed by atoms with van der Waals surface area (Å²) in [6, 6.07) is 3.63. The zero-order chi connectivity index (χ0) is 18.5. The van der Waals surface area contributed by atoms with Crippen LogP contribution in [-0.4, -0.2) is 44.4 Å². The topological polar surface area (TPSA) is 67.6 Å². The predicted octanol–water partition coefficient (Wildman–Crippen LogP) is 2.54. The second-order valence-electron chi connectivity index (χ2n) is 8.12. The van der Waals surface area contributed by atoms with Crippen LogP contribution >= 0.6 is 0 Å². The smallest absolute Gasteiger partial charge is 0.257 e. The molecule has 1 amide bonds. The largest absolute Gasteiger partial charge is 0.504 e. The Labute approximate surface area is 153 Å². The number of rotatable bonds is 3. The van der Waals surface area contributed by atoms with E-state index in [1.165, 1.54) is 5.56 Å². The lowest BCUT2D eigenvalue weighted by molar-refractivity contribution is 0.0781. The molecule has 2 aliphatic rings. The van der Waals surface area contributed by atoms with E-state index in [-0.39, 0.29) is 17.3 Å². The molecule has 4 rings (SSSR count). The molecule has 1 aromatic carbocycles. The predicted molar refractivity (Wildman–Crippen MR) is 97.4 cm³/mol. The highest BCUT2D eigenvalue weighted by Crippen LogP contribution is 2.43. The minimum absolute atomic E-state index is 0.0196. The van der Waals surface area contributed by atoms with E-state index < -0.39 is 0 Å². The van der Waals surface area contributed by atoms with Crippen molar-refractivity contribution in [2.45, 2.75) is 38.7 Å². The number of aromatic nitrogens is 2. The minimum atomic E-state index is -0.343. The molecule has 2 aromatic rings. The number of aromatic hydroxyl groups is 1. The van der Waals surface area contributed by atoms with Crippen molar-refractivity contribution in [2.24, 2.45) is 13.0 Å². The molecule has 0 spiro atoms. The number of carbonyl (C=O) groups excluding carboxylic acids is 1. The van der Waals surface area contributed by atoms with Gasteiger partial charge in [0.15, 0.2) is 11.5 Å². The summed E-state index contributed by atoms with van der Waals surface area (Å²) in [6.07, 6.45) is 6.54. The number of fused-ring (bicyclic) bond motifs is 1. The van der Waals surface area contributed by atoms with E-state index in [1.807, 2.05) is 44.3 Å². The van der Waals surface area contributed by atoms with Crippen LogP contribution in [-0.2, 0) is 19.9 Å². The lowest BCUT2D eigenvalue weighted by atomic mass is 10.00. The molecule has 1 aromatic heterocycles. The van der Waals surface area contributed by atoms with Gasteiger partial charge in [-0.1, -0.05) is 6.07 Å². The lowest BCUT2D eigenvalue weighted by Crippen LogP contribution is -2.29. The van der Waals surface area contributed by atoms with Crippen molar-refractivity contribution in [3.63, 3.8) is 0 Å². The Bertz CT molecular complexity index is 856. The maximum absolute atomic E-state index is 12.9. The van der Waals surface area contributed by atoms with E-state index in [9.17, 15) is 9.90 Å². The maximum atomic E-state index is 12.9. The van der Waals surface area contributed by atoms with E-state index in [0.717, 1.165) is 24.8 Å². The molecule has 0 saturated carbocycles. The first kappa shape index (κ1) is 16.9. The van der Waals surface area contributed by atoms with Crippen LogP contribution in [0.15, 0.2) is 24.5 Å². The average molecular weight is 355 g/mol. The monoisotopic (exact) mass is 355 g/mol. The molecule has 2 aliphatic heterocycles. The molecule has 6 heteroatoms. The van der Waals surface area contributed by atoms with Crippen LogP contribution in [0.3, 0.4) is 0 Å². The van der Waals surface area contributed by atoms with Gasteiger partial charge >= 0.3 is 0 Å². The minimum Gasteiger partial charge on any atom is -0.504 e. The first-order valence-electron chi connectivity index (χ1n) is 9.13. The van der Waals surface area contributed by atoms with Crippen molar-refractivity contribution in [3.8, 4) is 11.5 Å². The molecule has 0 aliphatic carbocycles. The summed E-state index contributed by atoms with van der Waals surface area (Å²) in [5, 5.41) is 14.8. The number of ether oxygens (including phenoxy) is 1. The number of aryl methyl sites for hydroxylation is 1. The van der Waals surface area contributed by atoms with Crippen LogP contribution in [0.25, 0.3) is 0 Å². The van der Waals surface area contributed by atoms with Crippen LogP contribution < -0.4 is 4.74 Å². The molecular formula is C20H25N3O3. The number of hydrogen-bond donors (Lipinski definition) is 1. The Balaban J connectivity index is 1.47. The van der Waals surface area contributed by atoms with Gasteiger partial charge in [0.2, 0.25) is 0 Å². The fourth-order valence-electron chi connectivity index (χ4n) is 4.07. The quantitative estimate of drug-likeness (QED) is 0.919. The highest BCUT2D eigenvalue weighted by Gasteiger charge is 2.35. The van der Waals surface area contributed by atoms with Gasteiger partial charge in [0.25, 0.3) is 5.91 Å². The van der Waals surface area contributed by atoms with Gasteiger partial charge in [-0.2, -0.15) is 5.10 Å². The molecule has 0 bridgehead atoms. The van der Waals surface area contributed by atoms with Gasteiger partial charge in [-0.25, -0.2) is 0 Å². The van der Waals surface area contributed by atoms with Crippen LogP contribution in [0.1, 0.15) is 41.8 Å². The van der Waals surface area contributed by atoms with Gasteiger partial charge in [0, 0.05) is 38.3 Å². The van der Waals surface area contributed by atoms with Crippen LogP contribution in [0.4, 0.5) is 0 Å². The molecule has 138 valence electrons. The Morgan fingerprint density at radius 3 is 2.96 bits per heavy atom. The summed E-state index contributed by atoms with van der Waals surface area (Å²) in [7, 11) is 1.91. The van der Waals surface area contributed by atoms with E-state index in [1.54, 1.807) is 10.7 Å². The third-order valence-electron chi connectivity index (χ3n) is 5.29. The van der Waals surface area contributed by atoms with Crippen LogP contribution in [0.5, 0.6) is 11.5 Å². The molecule has 3 heterocycles. The standard InChI is InChI=1S/C20H25N3O3/c1-20(2)9-15-4-5-16(17(24)18(15)26-20)19(25)23-7-6-13(12-23)8-14-10-21-22(3)11-14/h4-5,10-11,13,24H,6-9,12H2,1-3H3. The summed E-state index contributed by atoms with van der Waals surface area (Å²) < 4.78 is 7.65. The van der Waals surface area contributed by atoms with Crippen molar-refractivity contribution in [2.75, 3.05) is 13.1 Å². The molecular weight excluding hydrogens is 330 g/mol. The molecule has 1 N–H and O–H groups in total. The van der Waals surface area contributed by atoms with Crippen LogP contribution in [0.2, 0.25) is 0 Å². The molecule has 1 atom stereocenters. The Hall–Kier alpha value is -2.50. The zero-order valence-electron chi connectivity index (χ0n) is 15.5. The Morgan fingerprint density at radius 1 is 1.42 bits per heavy atom. The SMILES string of the molecule is Cn1cc(CC2CCN(C(=O)c3ccc4c(c3O)OC(C)(C)C4)C2)cn1. The van der Waals surface area contributed by atoms with Crippen LogP contribution in [0, 0.1) is 5.92 Å². The second kappa shape index (κ2) is 6.04. The summed E-state index contributed by atoms with van der Waals surface area (Å²) in [5.74, 6) is 0.753. The Morgan fingerprint density at radius 2 is 2.23 bits per heavy atom. The first-order chi connectivity index (χ1) is 12.3. The number of carbonyl (C=O) groups is 1. The maximum Gasteiger partial charge on any atom is 0.257 e. The molecule has 0 radical (unpaired) electrons. The molecule has 6 nitrogen and oxygen atoms in total. The normalized spacial score (nSPS) is 20.9. The summed E-state index contributed by atoms with van der Waals surface area (Å²) in [5.41, 5.74) is 2.15. The number of phenols is 1. The second-order valence-corrected chi connectivity index (χ2v) is 8.12. The van der Waals surface area contributed by atoms with E-state index in [4.69, 9.17) is 4.74 Å². The molecule has 1 unspecified atom stereocenters. The first-order valence-corrected chi connectivity index (χ1v) is 9.13. The average Bonchev–Trinajstić information content (AvgIpc) is 3.26. The summed E-state index contributed by atoms with van der Waals surface area (Å²) in [4.78, 5) is 14.8. The summed E-state index contributed by atoms with van der Waals surface area (Å²) >= 11 is 0. The van der Waals surface area contributed by atoms with E-state index >= 15 is 0 Å². The van der Waals surface area contributed by atoms with Crippen molar-refractivity contribution in [1.29, 1.82) is 0 Å². The highest BCUT2D eigenvalue weighted by atomic mass is 16.5. The molecule has 1 fully saturated rings. The van der Waals surface area contributed by atoms with E-state index in [0.29, 0.717) is 30.3 Å². The zero-order valence-corrected chi connectivity index (χ0v) is 15.5. The van der Waals surface area contributed by atoms with E-state index in [2.05, 4.69) is 5.10 Å². The van der Waals surface area contributed by atoms with Crippen molar-refractivity contribution < 1.29 is 14.6 Å². The highest BCUT2D eigenvalue weighted by molar-refractivity contribution is 5.98. The number of amides is 1. The number of benzene rings is 1. The number of likely N-dealkylation sites (tertiary alicyclic amines) is 1. The molecule has 26 heavy (non-hydrogen) atoms. The van der Waals surface area contributed by atoms with Crippen molar-refractivity contribution in [1.82, 2.24) is 14.7 Å². The number of phenolic OH excluding ortho intramolecular Hbond substituents is 1. The summed E-state index contributed by atoms with van der Waals surface area (Å²) in [6.45, 7) is 5.39. The number of nitrogens with zero attached hydrogens (tertiary/aromatic N) is 3. The Kier molecular flexibility index (Phi) is 3.93. The van der Waals surface area contributed by atoms with Gasteiger partial charge in [-0.3, -0.25) is 9.48 Å². The fraction of sp³-hybridized carbons (Fsp3) is 0.500. The third-order valence-corrected chi connectivity index (χ3v) is 5.29. The van der Waals surface area contributed by atoms with Gasteiger partial charge in [-0.05, 0) is 44.2 Å².